The molecule has 1 heterocycles. The van der Waals surface area contributed by atoms with Crippen molar-refractivity contribution in [1.82, 2.24) is 9.80 Å². The molecular formula is C26H33N3O2. The smallest absolute Gasteiger partial charge is 0.124 e. The lowest BCUT2D eigenvalue weighted by molar-refractivity contribution is 0.125. The minimum atomic E-state index is 0.521. The molecule has 0 aliphatic carbocycles. The average Bonchev–Trinajstić information content (AvgIpc) is 2.83. The highest BCUT2D eigenvalue weighted by molar-refractivity contribution is 5.87. The topological polar surface area (TPSA) is 51.0 Å². The van der Waals surface area contributed by atoms with Gasteiger partial charge in [-0.2, -0.15) is 0 Å². The van der Waals surface area contributed by atoms with Crippen LogP contribution in [0, 0.1) is 0 Å². The molecule has 3 aromatic carbocycles. The van der Waals surface area contributed by atoms with Crippen LogP contribution in [0.1, 0.15) is 12.0 Å². The maximum atomic E-state index is 6.21. The summed E-state index contributed by atoms with van der Waals surface area (Å²) in [6.07, 6.45) is 1.08. The van der Waals surface area contributed by atoms with Crippen molar-refractivity contribution in [3.63, 3.8) is 0 Å². The number of hydrogen-bond acceptors (Lipinski definition) is 5. The van der Waals surface area contributed by atoms with Gasteiger partial charge in [0.1, 0.15) is 24.7 Å². The fourth-order valence-corrected chi connectivity index (χ4v) is 4.15. The van der Waals surface area contributed by atoms with Gasteiger partial charge in [-0.3, -0.25) is 4.90 Å². The fraction of sp³-hybridized carbons (Fsp3) is 0.385. The Balaban J connectivity index is 1.41. The van der Waals surface area contributed by atoms with Gasteiger partial charge in [-0.05, 0) is 48.5 Å². The van der Waals surface area contributed by atoms with Gasteiger partial charge in [0.05, 0.1) is 0 Å². The zero-order chi connectivity index (χ0) is 21.3. The Hall–Kier alpha value is -2.60. The van der Waals surface area contributed by atoms with Crippen LogP contribution in [0.2, 0.25) is 0 Å². The molecule has 0 spiro atoms. The first-order valence-electron chi connectivity index (χ1n) is 11.3. The molecule has 3 aromatic rings. The molecule has 4 rings (SSSR count). The van der Waals surface area contributed by atoms with E-state index in [4.69, 9.17) is 15.2 Å². The molecule has 0 amide bonds. The van der Waals surface area contributed by atoms with Gasteiger partial charge < -0.3 is 20.1 Å². The summed E-state index contributed by atoms with van der Waals surface area (Å²) in [5, 5.41) is 2.53. The summed E-state index contributed by atoms with van der Waals surface area (Å²) in [4.78, 5) is 5.05. The summed E-state index contributed by atoms with van der Waals surface area (Å²) >= 11 is 0. The van der Waals surface area contributed by atoms with E-state index in [1.54, 1.807) is 0 Å². The Morgan fingerprint density at radius 2 is 1.45 bits per heavy atom. The van der Waals surface area contributed by atoms with Crippen LogP contribution in [0.4, 0.5) is 0 Å². The quantitative estimate of drug-likeness (QED) is 0.507. The summed E-state index contributed by atoms with van der Waals surface area (Å²) < 4.78 is 12.0. The summed E-state index contributed by atoms with van der Waals surface area (Å²) in [6, 6.07) is 22.7. The maximum Gasteiger partial charge on any atom is 0.124 e. The molecule has 1 aliphatic heterocycles. The van der Waals surface area contributed by atoms with Crippen molar-refractivity contribution in [3.8, 4) is 11.5 Å². The molecule has 31 heavy (non-hydrogen) atoms. The lowest BCUT2D eigenvalue weighted by Gasteiger charge is -2.35. The van der Waals surface area contributed by atoms with Crippen LogP contribution in [0.3, 0.4) is 0 Å². The molecular weight excluding hydrogens is 386 g/mol. The molecule has 0 bridgehead atoms. The Morgan fingerprint density at radius 3 is 2.26 bits per heavy atom. The van der Waals surface area contributed by atoms with Gasteiger partial charge in [-0.1, -0.05) is 48.5 Å². The van der Waals surface area contributed by atoms with Crippen molar-refractivity contribution in [1.29, 1.82) is 0 Å². The van der Waals surface area contributed by atoms with E-state index in [0.29, 0.717) is 13.2 Å². The van der Waals surface area contributed by atoms with E-state index >= 15 is 0 Å². The second-order valence-electron chi connectivity index (χ2n) is 8.03. The van der Waals surface area contributed by atoms with Gasteiger partial charge >= 0.3 is 0 Å². The number of ether oxygens (including phenoxy) is 2. The number of rotatable bonds is 10. The number of hydrogen-bond donors (Lipinski definition) is 1. The zero-order valence-corrected chi connectivity index (χ0v) is 18.2. The van der Waals surface area contributed by atoms with E-state index in [0.717, 1.165) is 63.7 Å². The van der Waals surface area contributed by atoms with Crippen molar-refractivity contribution in [2.45, 2.75) is 13.0 Å². The van der Waals surface area contributed by atoms with Crippen LogP contribution in [-0.2, 0) is 6.54 Å². The van der Waals surface area contributed by atoms with Crippen molar-refractivity contribution < 1.29 is 9.47 Å². The zero-order valence-electron chi connectivity index (χ0n) is 18.2. The van der Waals surface area contributed by atoms with E-state index in [2.05, 4.69) is 46.2 Å². The van der Waals surface area contributed by atoms with E-state index < -0.39 is 0 Å². The molecule has 164 valence electrons. The summed E-state index contributed by atoms with van der Waals surface area (Å²) in [6.45, 7) is 8.18. The van der Waals surface area contributed by atoms with Crippen LogP contribution >= 0.6 is 0 Å². The van der Waals surface area contributed by atoms with Crippen molar-refractivity contribution in [3.05, 3.63) is 72.3 Å². The largest absolute Gasteiger partial charge is 0.490 e. The van der Waals surface area contributed by atoms with Gasteiger partial charge in [0.25, 0.3) is 0 Å². The molecule has 2 N–H and O–H groups in total. The highest BCUT2D eigenvalue weighted by Crippen LogP contribution is 2.30. The monoisotopic (exact) mass is 419 g/mol. The third-order valence-corrected chi connectivity index (χ3v) is 5.88. The molecule has 1 aliphatic rings. The molecule has 0 aromatic heterocycles. The van der Waals surface area contributed by atoms with Gasteiger partial charge in [-0.15, -0.1) is 0 Å². The van der Waals surface area contributed by atoms with Crippen molar-refractivity contribution in [2.75, 3.05) is 52.5 Å². The normalized spacial score (nSPS) is 15.3. The number of benzene rings is 3. The second kappa shape index (κ2) is 11.1. The number of piperazine rings is 1. The van der Waals surface area contributed by atoms with Crippen LogP contribution in [-0.4, -0.2) is 62.3 Å². The average molecular weight is 420 g/mol. The lowest BCUT2D eigenvalue weighted by atomic mass is 10.0. The van der Waals surface area contributed by atoms with Crippen LogP contribution in [0.25, 0.3) is 10.8 Å². The summed E-state index contributed by atoms with van der Waals surface area (Å²) in [7, 11) is 0. The Morgan fingerprint density at radius 1 is 0.742 bits per heavy atom. The molecule has 1 saturated heterocycles. The molecule has 0 saturated carbocycles. The van der Waals surface area contributed by atoms with Crippen LogP contribution < -0.4 is 15.2 Å². The number of fused-ring (bicyclic) bond motifs is 1. The Bertz CT molecular complexity index is 940. The molecule has 0 radical (unpaired) electrons. The number of para-hydroxylation sites is 1. The predicted molar refractivity (Wildman–Crippen MR) is 127 cm³/mol. The van der Waals surface area contributed by atoms with Crippen LogP contribution in [0.5, 0.6) is 11.5 Å². The molecule has 0 unspecified atom stereocenters. The minimum Gasteiger partial charge on any atom is -0.490 e. The van der Waals surface area contributed by atoms with E-state index in [1.807, 2.05) is 30.3 Å². The van der Waals surface area contributed by atoms with E-state index in [-0.39, 0.29) is 0 Å². The SMILES string of the molecule is NCCCN1CCN(Cc2c(OCCOc3ccccc3)ccc3ccccc23)CC1. The standard InChI is InChI=1S/C26H33N3O2/c27-13-6-14-28-15-17-29(18-16-28)21-25-24-10-5-4-7-22(24)11-12-26(25)31-20-19-30-23-8-2-1-3-9-23/h1-5,7-12H,6,13-21,27H2. The minimum absolute atomic E-state index is 0.521. The summed E-state index contributed by atoms with van der Waals surface area (Å²) in [5.74, 6) is 1.83. The third-order valence-electron chi connectivity index (χ3n) is 5.88. The Kier molecular flexibility index (Phi) is 7.77. The van der Waals surface area contributed by atoms with Crippen LogP contribution in [0.15, 0.2) is 66.7 Å². The number of nitrogens with zero attached hydrogens (tertiary/aromatic N) is 2. The molecule has 5 heteroatoms. The van der Waals surface area contributed by atoms with Crippen molar-refractivity contribution >= 4 is 10.8 Å². The highest BCUT2D eigenvalue weighted by atomic mass is 16.5. The number of nitrogens with two attached hydrogens (primary N) is 1. The van der Waals surface area contributed by atoms with E-state index in [9.17, 15) is 0 Å². The van der Waals surface area contributed by atoms with E-state index in [1.165, 1.54) is 16.3 Å². The maximum absolute atomic E-state index is 6.21. The van der Waals surface area contributed by atoms with Gasteiger partial charge in [0.2, 0.25) is 0 Å². The lowest BCUT2D eigenvalue weighted by Crippen LogP contribution is -2.46. The van der Waals surface area contributed by atoms with Gasteiger partial charge in [-0.25, -0.2) is 0 Å². The first-order valence-corrected chi connectivity index (χ1v) is 11.3. The first-order chi connectivity index (χ1) is 15.3. The highest BCUT2D eigenvalue weighted by Gasteiger charge is 2.19. The van der Waals surface area contributed by atoms with Crippen molar-refractivity contribution in [2.24, 2.45) is 5.73 Å². The predicted octanol–water partition coefficient (Wildman–Crippen LogP) is 3.76. The molecule has 5 nitrogen and oxygen atoms in total. The van der Waals surface area contributed by atoms with Gasteiger partial charge in [0, 0.05) is 38.3 Å². The first kappa shape index (κ1) is 21.6. The summed E-state index contributed by atoms with van der Waals surface area (Å²) in [5.41, 5.74) is 6.94. The van der Waals surface area contributed by atoms with Gasteiger partial charge in [0.15, 0.2) is 0 Å². The second-order valence-corrected chi connectivity index (χ2v) is 8.03. The molecule has 1 fully saturated rings. The third kappa shape index (κ3) is 5.97. The fourth-order valence-electron chi connectivity index (χ4n) is 4.15. The molecule has 0 atom stereocenters. The Labute approximate surface area is 185 Å².